The summed E-state index contributed by atoms with van der Waals surface area (Å²) in [6, 6.07) is 10.6. The Hall–Kier alpha value is -3.48. The number of nitrogens with zero attached hydrogens (tertiary/aromatic N) is 1. The van der Waals surface area contributed by atoms with Crippen molar-refractivity contribution in [2.75, 3.05) is 7.11 Å². The standard InChI is InChI=1S/C32H33F2NO4/c1-31(2)9-4-5-24(31)22-11-19(27(33)13-21(22)23-14-29(38-3)35-16-28(23)34)17-39-20-7-6-18-8-10-32(25(18)12-20)15-26(32)30(36)37/h6-7,11-14,16,24,26H,4-5,8-10,15,17H2,1-3H3,(H,36,37)/t24-,26+,32+/m1/s1. The second-order valence-electron chi connectivity index (χ2n) is 12.0. The molecule has 0 saturated heterocycles. The average Bonchev–Trinajstić information content (AvgIpc) is 3.40. The fourth-order valence-corrected chi connectivity index (χ4v) is 7.09. The number of pyridine rings is 1. The maximum atomic E-state index is 15.6. The molecule has 204 valence electrons. The number of halogens is 2. The van der Waals surface area contributed by atoms with Crippen molar-refractivity contribution in [2.24, 2.45) is 11.3 Å². The molecule has 6 rings (SSSR count). The van der Waals surface area contributed by atoms with Crippen LogP contribution in [0.25, 0.3) is 11.1 Å². The van der Waals surface area contributed by atoms with Crippen molar-refractivity contribution in [1.82, 2.24) is 4.98 Å². The number of hydrogen-bond donors (Lipinski definition) is 1. The van der Waals surface area contributed by atoms with Crippen molar-refractivity contribution in [3.63, 3.8) is 0 Å². The molecule has 0 unspecified atom stereocenters. The predicted octanol–water partition coefficient (Wildman–Crippen LogP) is 7.20. The first kappa shape index (κ1) is 25.8. The summed E-state index contributed by atoms with van der Waals surface area (Å²) in [5.41, 5.74) is 4.01. The van der Waals surface area contributed by atoms with Crippen molar-refractivity contribution in [1.29, 1.82) is 0 Å². The van der Waals surface area contributed by atoms with Gasteiger partial charge in [0, 0.05) is 22.6 Å². The van der Waals surface area contributed by atoms with Crippen molar-refractivity contribution in [3.05, 3.63) is 76.5 Å². The van der Waals surface area contributed by atoms with E-state index in [1.807, 2.05) is 24.3 Å². The first-order chi connectivity index (χ1) is 18.6. The number of carboxylic acid groups (broad SMARTS) is 1. The lowest BCUT2D eigenvalue weighted by atomic mass is 9.75. The lowest BCUT2D eigenvalue weighted by Crippen LogP contribution is -2.17. The molecule has 1 aromatic heterocycles. The molecule has 5 nitrogen and oxygen atoms in total. The van der Waals surface area contributed by atoms with E-state index in [0.717, 1.165) is 49.4 Å². The molecule has 0 amide bonds. The van der Waals surface area contributed by atoms with Gasteiger partial charge in [-0.1, -0.05) is 26.3 Å². The van der Waals surface area contributed by atoms with Crippen LogP contribution in [0.5, 0.6) is 11.6 Å². The monoisotopic (exact) mass is 533 g/mol. The van der Waals surface area contributed by atoms with Gasteiger partial charge in [0.25, 0.3) is 0 Å². The molecule has 1 spiro atoms. The number of aromatic nitrogens is 1. The van der Waals surface area contributed by atoms with E-state index >= 15 is 8.78 Å². The third kappa shape index (κ3) is 4.36. The summed E-state index contributed by atoms with van der Waals surface area (Å²) in [4.78, 5) is 15.6. The Morgan fingerprint density at radius 3 is 2.62 bits per heavy atom. The minimum absolute atomic E-state index is 0.0163. The SMILES string of the molecule is COc1cc(-c2cc(F)c(COc3ccc4c(c3)[C@]3(CC4)C[C@H]3C(=O)O)cc2[C@H]2CCCC2(C)C)c(F)cn1. The van der Waals surface area contributed by atoms with Gasteiger partial charge in [0.2, 0.25) is 5.88 Å². The van der Waals surface area contributed by atoms with E-state index in [0.29, 0.717) is 23.3 Å². The molecular weight excluding hydrogens is 500 g/mol. The van der Waals surface area contributed by atoms with Crippen LogP contribution in [-0.4, -0.2) is 23.2 Å². The van der Waals surface area contributed by atoms with Crippen molar-refractivity contribution in [3.8, 4) is 22.8 Å². The second-order valence-corrected chi connectivity index (χ2v) is 12.0. The van der Waals surface area contributed by atoms with Crippen LogP contribution in [0.15, 0.2) is 42.6 Å². The highest BCUT2D eigenvalue weighted by atomic mass is 19.1. The van der Waals surface area contributed by atoms with Gasteiger partial charge < -0.3 is 14.6 Å². The minimum Gasteiger partial charge on any atom is -0.489 e. The Morgan fingerprint density at radius 2 is 1.92 bits per heavy atom. The van der Waals surface area contributed by atoms with Gasteiger partial charge in [0.15, 0.2) is 0 Å². The molecule has 3 aliphatic rings. The van der Waals surface area contributed by atoms with Crippen LogP contribution in [0, 0.1) is 23.0 Å². The lowest BCUT2D eigenvalue weighted by molar-refractivity contribution is -0.139. The van der Waals surface area contributed by atoms with E-state index in [9.17, 15) is 9.90 Å². The van der Waals surface area contributed by atoms with Gasteiger partial charge in [-0.25, -0.2) is 13.8 Å². The van der Waals surface area contributed by atoms with Crippen LogP contribution < -0.4 is 9.47 Å². The van der Waals surface area contributed by atoms with E-state index in [4.69, 9.17) is 9.47 Å². The van der Waals surface area contributed by atoms with Crippen molar-refractivity contribution >= 4 is 5.97 Å². The number of fused-ring (bicyclic) bond motifs is 2. The van der Waals surface area contributed by atoms with E-state index in [1.165, 1.54) is 24.8 Å². The topological polar surface area (TPSA) is 68.7 Å². The third-order valence-electron chi connectivity index (χ3n) is 9.41. The summed E-state index contributed by atoms with van der Waals surface area (Å²) in [5.74, 6) is -1.08. The van der Waals surface area contributed by atoms with E-state index in [-0.39, 0.29) is 40.7 Å². The van der Waals surface area contributed by atoms with Gasteiger partial charge in [0.05, 0.1) is 19.2 Å². The molecule has 1 N–H and O–H groups in total. The number of methoxy groups -OCH3 is 1. The quantitative estimate of drug-likeness (QED) is 0.348. The van der Waals surface area contributed by atoms with Crippen LogP contribution >= 0.6 is 0 Å². The molecule has 2 aromatic carbocycles. The molecule has 7 heteroatoms. The van der Waals surface area contributed by atoms with E-state index < -0.39 is 17.6 Å². The third-order valence-corrected chi connectivity index (χ3v) is 9.41. The summed E-state index contributed by atoms with van der Waals surface area (Å²) in [6.45, 7) is 4.43. The maximum Gasteiger partial charge on any atom is 0.307 e. The second kappa shape index (κ2) is 9.32. The van der Waals surface area contributed by atoms with Gasteiger partial charge in [-0.3, -0.25) is 4.79 Å². The maximum absolute atomic E-state index is 15.6. The molecule has 39 heavy (non-hydrogen) atoms. The zero-order valence-electron chi connectivity index (χ0n) is 22.5. The van der Waals surface area contributed by atoms with Crippen LogP contribution in [0.3, 0.4) is 0 Å². The van der Waals surface area contributed by atoms with Crippen molar-refractivity contribution in [2.45, 2.75) is 70.3 Å². The van der Waals surface area contributed by atoms with Gasteiger partial charge in [-0.15, -0.1) is 0 Å². The molecule has 0 aliphatic heterocycles. The summed E-state index contributed by atoms with van der Waals surface area (Å²) < 4.78 is 41.9. The lowest BCUT2D eigenvalue weighted by Gasteiger charge is -2.30. The number of aryl methyl sites for hydroxylation is 1. The van der Waals surface area contributed by atoms with E-state index in [1.54, 1.807) is 0 Å². The van der Waals surface area contributed by atoms with Gasteiger partial charge >= 0.3 is 5.97 Å². The van der Waals surface area contributed by atoms with Crippen molar-refractivity contribution < 1.29 is 28.2 Å². The number of carboxylic acids is 1. The highest BCUT2D eigenvalue weighted by Crippen LogP contribution is 2.62. The molecule has 0 radical (unpaired) electrons. The molecule has 3 aromatic rings. The van der Waals surface area contributed by atoms with Crippen LogP contribution in [0.4, 0.5) is 8.78 Å². The number of rotatable bonds is 7. The Bertz CT molecular complexity index is 1470. The fraction of sp³-hybridized carbons (Fsp3) is 0.438. The summed E-state index contributed by atoms with van der Waals surface area (Å²) in [5, 5.41) is 9.55. The number of benzene rings is 2. The smallest absolute Gasteiger partial charge is 0.307 e. The Kier molecular flexibility index (Phi) is 6.16. The molecule has 3 atom stereocenters. The van der Waals surface area contributed by atoms with E-state index in [2.05, 4.69) is 18.8 Å². The highest BCUT2D eigenvalue weighted by Gasteiger charge is 2.61. The first-order valence-corrected chi connectivity index (χ1v) is 13.6. The number of ether oxygens (including phenoxy) is 2. The van der Waals surface area contributed by atoms with Gasteiger partial charge in [-0.05, 0) is 90.0 Å². The zero-order valence-corrected chi connectivity index (χ0v) is 22.5. The Morgan fingerprint density at radius 1 is 1.10 bits per heavy atom. The Balaban J connectivity index is 1.34. The highest BCUT2D eigenvalue weighted by molar-refractivity contribution is 5.78. The minimum atomic E-state index is -0.748. The number of carbonyl (C=O) groups is 1. The molecule has 1 heterocycles. The zero-order chi connectivity index (χ0) is 27.5. The van der Waals surface area contributed by atoms with Crippen LogP contribution in [0.1, 0.15) is 74.1 Å². The molecule has 2 fully saturated rings. The molecule has 3 aliphatic carbocycles. The largest absolute Gasteiger partial charge is 0.489 e. The first-order valence-electron chi connectivity index (χ1n) is 13.6. The summed E-state index contributed by atoms with van der Waals surface area (Å²) in [6.07, 6.45) is 6.51. The van der Waals surface area contributed by atoms with Crippen LogP contribution in [0.2, 0.25) is 0 Å². The summed E-state index contributed by atoms with van der Waals surface area (Å²) >= 11 is 0. The fourth-order valence-electron chi connectivity index (χ4n) is 7.09. The molecule has 2 saturated carbocycles. The summed E-state index contributed by atoms with van der Waals surface area (Å²) in [7, 11) is 1.47. The Labute approximate surface area is 227 Å². The average molecular weight is 534 g/mol. The molecular formula is C32H33F2NO4. The van der Waals surface area contributed by atoms with Crippen LogP contribution in [-0.2, 0) is 23.2 Å². The molecule has 0 bridgehead atoms. The van der Waals surface area contributed by atoms with Gasteiger partial charge in [0.1, 0.15) is 24.0 Å². The predicted molar refractivity (Wildman–Crippen MR) is 143 cm³/mol. The number of hydrogen-bond acceptors (Lipinski definition) is 4. The number of aliphatic carboxylic acids is 1. The normalized spacial score (nSPS) is 24.5. The van der Waals surface area contributed by atoms with Gasteiger partial charge in [-0.2, -0.15) is 0 Å².